The van der Waals surface area contributed by atoms with E-state index >= 15 is 0 Å². The zero-order valence-corrected chi connectivity index (χ0v) is 9.42. The normalized spacial score (nSPS) is 14.0. The number of carbonyl (C=O) groups excluding carboxylic acids is 1. The van der Waals surface area contributed by atoms with Gasteiger partial charge in [-0.25, -0.2) is 0 Å². The van der Waals surface area contributed by atoms with E-state index in [1.54, 1.807) is 4.90 Å². The van der Waals surface area contributed by atoms with Gasteiger partial charge in [0.05, 0.1) is 0 Å². The minimum absolute atomic E-state index is 0.0689. The number of nitrogens with two attached hydrogens (primary N) is 1. The molecule has 0 heterocycles. The molecule has 0 spiro atoms. The van der Waals surface area contributed by atoms with E-state index in [1.165, 1.54) is 0 Å². The molecule has 78 valence electrons. The van der Waals surface area contributed by atoms with Crippen LogP contribution in [-0.4, -0.2) is 29.9 Å². The molecule has 3 nitrogen and oxygen atoms in total. The van der Waals surface area contributed by atoms with Crippen LogP contribution in [0, 0.1) is 5.92 Å². The Bertz CT molecular complexity index is 178. The first-order chi connectivity index (χ1) is 5.86. The number of nitrogens with zero attached hydrogens (tertiary/aromatic N) is 1. The van der Waals surface area contributed by atoms with Gasteiger partial charge in [0.2, 0.25) is 5.91 Å². The van der Waals surface area contributed by atoms with Crippen LogP contribution in [0.4, 0.5) is 0 Å². The van der Waals surface area contributed by atoms with E-state index in [1.807, 2.05) is 14.0 Å². The molecule has 0 aliphatic heterocycles. The lowest BCUT2D eigenvalue weighted by atomic mass is 9.98. The second-order valence-electron chi connectivity index (χ2n) is 4.20. The maximum absolute atomic E-state index is 11.7. The van der Waals surface area contributed by atoms with Gasteiger partial charge in [0.15, 0.2) is 0 Å². The number of rotatable bonds is 4. The third-order valence-corrected chi connectivity index (χ3v) is 2.88. The Kier molecular flexibility index (Phi) is 4.40. The van der Waals surface area contributed by atoms with Gasteiger partial charge in [-0.05, 0) is 20.3 Å². The van der Waals surface area contributed by atoms with Gasteiger partial charge in [0.1, 0.15) is 0 Å². The molecule has 1 amide bonds. The summed E-state index contributed by atoms with van der Waals surface area (Å²) in [4.78, 5) is 13.5. The third-order valence-electron chi connectivity index (χ3n) is 2.88. The molecule has 0 aliphatic rings. The molecule has 0 fully saturated rings. The summed E-state index contributed by atoms with van der Waals surface area (Å²) in [6.45, 7) is 8.49. The second kappa shape index (κ2) is 4.61. The van der Waals surface area contributed by atoms with Crippen molar-refractivity contribution in [1.82, 2.24) is 4.90 Å². The monoisotopic (exact) mass is 186 g/mol. The maximum Gasteiger partial charge on any atom is 0.226 e. The van der Waals surface area contributed by atoms with Crippen molar-refractivity contribution in [2.45, 2.75) is 39.7 Å². The lowest BCUT2D eigenvalue weighted by molar-refractivity contribution is -0.138. The van der Waals surface area contributed by atoms with Gasteiger partial charge >= 0.3 is 0 Å². The predicted octanol–water partition coefficient (Wildman–Crippen LogP) is 1.23. The highest BCUT2D eigenvalue weighted by Crippen LogP contribution is 2.18. The van der Waals surface area contributed by atoms with Crippen molar-refractivity contribution in [3.05, 3.63) is 0 Å². The molecule has 0 radical (unpaired) electrons. The molecular weight excluding hydrogens is 164 g/mol. The smallest absolute Gasteiger partial charge is 0.226 e. The summed E-state index contributed by atoms with van der Waals surface area (Å²) in [5.41, 5.74) is 5.38. The van der Waals surface area contributed by atoms with E-state index in [2.05, 4.69) is 20.8 Å². The number of hydrogen-bond acceptors (Lipinski definition) is 2. The van der Waals surface area contributed by atoms with Crippen LogP contribution < -0.4 is 5.73 Å². The zero-order valence-electron chi connectivity index (χ0n) is 9.42. The molecule has 1 atom stereocenters. The lowest BCUT2D eigenvalue weighted by Gasteiger charge is -2.36. The average molecular weight is 186 g/mol. The van der Waals surface area contributed by atoms with Crippen LogP contribution in [0.25, 0.3) is 0 Å². The topological polar surface area (TPSA) is 46.3 Å². The van der Waals surface area contributed by atoms with Crippen molar-refractivity contribution in [2.75, 3.05) is 13.6 Å². The van der Waals surface area contributed by atoms with Crippen LogP contribution in [0.5, 0.6) is 0 Å². The lowest BCUT2D eigenvalue weighted by Crippen LogP contribution is -2.47. The molecule has 0 aliphatic carbocycles. The van der Waals surface area contributed by atoms with Crippen LogP contribution in [0.15, 0.2) is 0 Å². The Hall–Kier alpha value is -0.570. The highest BCUT2D eigenvalue weighted by molar-refractivity contribution is 5.79. The third kappa shape index (κ3) is 2.99. The summed E-state index contributed by atoms with van der Waals surface area (Å²) >= 11 is 0. The van der Waals surface area contributed by atoms with Crippen molar-refractivity contribution < 1.29 is 4.79 Å². The summed E-state index contributed by atoms with van der Waals surface area (Å²) < 4.78 is 0. The van der Waals surface area contributed by atoms with Gasteiger partial charge in [-0.2, -0.15) is 0 Å². The quantitative estimate of drug-likeness (QED) is 0.717. The average Bonchev–Trinajstić information content (AvgIpc) is 2.14. The van der Waals surface area contributed by atoms with Crippen LogP contribution in [0.3, 0.4) is 0 Å². The summed E-state index contributed by atoms with van der Waals surface area (Å²) in [5, 5.41) is 0. The summed E-state index contributed by atoms with van der Waals surface area (Å²) in [5.74, 6) is 0.0603. The number of carbonyl (C=O) groups is 1. The van der Waals surface area contributed by atoms with Gasteiger partial charge in [-0.3, -0.25) is 4.79 Å². The second-order valence-corrected chi connectivity index (χ2v) is 4.20. The van der Waals surface area contributed by atoms with E-state index in [-0.39, 0.29) is 17.4 Å². The molecular formula is C10H22N2O. The van der Waals surface area contributed by atoms with E-state index < -0.39 is 0 Å². The Morgan fingerprint density at radius 1 is 1.54 bits per heavy atom. The van der Waals surface area contributed by atoms with Crippen molar-refractivity contribution in [1.29, 1.82) is 0 Å². The van der Waals surface area contributed by atoms with Crippen LogP contribution in [-0.2, 0) is 4.79 Å². The van der Waals surface area contributed by atoms with Gasteiger partial charge in [0, 0.05) is 25.0 Å². The predicted molar refractivity (Wildman–Crippen MR) is 55.4 cm³/mol. The Labute approximate surface area is 81.3 Å². The molecule has 13 heavy (non-hydrogen) atoms. The van der Waals surface area contributed by atoms with Crippen LogP contribution >= 0.6 is 0 Å². The van der Waals surface area contributed by atoms with E-state index in [0.29, 0.717) is 6.54 Å². The summed E-state index contributed by atoms with van der Waals surface area (Å²) in [7, 11) is 1.85. The molecule has 0 saturated carbocycles. The molecule has 2 N–H and O–H groups in total. The first-order valence-corrected chi connectivity index (χ1v) is 4.84. The fourth-order valence-corrected chi connectivity index (χ4v) is 0.967. The molecule has 0 bridgehead atoms. The van der Waals surface area contributed by atoms with Gasteiger partial charge < -0.3 is 10.6 Å². The van der Waals surface area contributed by atoms with Gasteiger partial charge in [-0.15, -0.1) is 0 Å². The minimum atomic E-state index is -0.0733. The fraction of sp³-hybridized carbons (Fsp3) is 0.900. The Morgan fingerprint density at radius 3 is 2.31 bits per heavy atom. The number of hydrogen-bond donors (Lipinski definition) is 1. The van der Waals surface area contributed by atoms with Crippen molar-refractivity contribution in [3.8, 4) is 0 Å². The Balaban J connectivity index is 4.42. The largest absolute Gasteiger partial charge is 0.340 e. The van der Waals surface area contributed by atoms with E-state index in [0.717, 1.165) is 6.42 Å². The summed E-state index contributed by atoms with van der Waals surface area (Å²) in [6.07, 6.45) is 0.951. The highest BCUT2D eigenvalue weighted by Gasteiger charge is 2.27. The van der Waals surface area contributed by atoms with Crippen LogP contribution in [0.1, 0.15) is 34.1 Å². The minimum Gasteiger partial charge on any atom is -0.340 e. The molecule has 0 aromatic rings. The summed E-state index contributed by atoms with van der Waals surface area (Å²) in [6, 6.07) is 0. The van der Waals surface area contributed by atoms with Crippen molar-refractivity contribution in [2.24, 2.45) is 11.7 Å². The first kappa shape index (κ1) is 12.4. The molecule has 0 rings (SSSR count). The fourth-order valence-electron chi connectivity index (χ4n) is 0.967. The molecule has 0 aromatic carbocycles. The molecule has 1 unspecified atom stereocenters. The standard InChI is InChI=1S/C10H22N2O/c1-6-10(3,4)12(5)9(13)8(2)7-11/h8H,6-7,11H2,1-5H3. The highest BCUT2D eigenvalue weighted by atomic mass is 16.2. The number of amides is 1. The van der Waals surface area contributed by atoms with Crippen molar-refractivity contribution >= 4 is 5.91 Å². The molecule has 0 saturated heterocycles. The van der Waals surface area contributed by atoms with E-state index in [4.69, 9.17) is 5.73 Å². The molecule has 3 heteroatoms. The van der Waals surface area contributed by atoms with E-state index in [9.17, 15) is 4.79 Å². The Morgan fingerprint density at radius 2 is 2.00 bits per heavy atom. The maximum atomic E-state index is 11.7. The van der Waals surface area contributed by atoms with Gasteiger partial charge in [0.25, 0.3) is 0 Å². The first-order valence-electron chi connectivity index (χ1n) is 4.84. The molecule has 0 aromatic heterocycles. The zero-order chi connectivity index (χ0) is 10.6. The SMILES string of the molecule is CCC(C)(C)N(C)C(=O)C(C)CN. The van der Waals surface area contributed by atoms with Gasteiger partial charge in [-0.1, -0.05) is 13.8 Å². The van der Waals surface area contributed by atoms with Crippen LogP contribution in [0.2, 0.25) is 0 Å². The van der Waals surface area contributed by atoms with Crippen molar-refractivity contribution in [3.63, 3.8) is 0 Å².